The maximum atomic E-state index is 12.9. The van der Waals surface area contributed by atoms with Gasteiger partial charge in [0.2, 0.25) is 6.43 Å². The minimum atomic E-state index is -2.27. The molecular weight excluding hydrogens is 372 g/mol. The van der Waals surface area contributed by atoms with Gasteiger partial charge in [-0.3, -0.25) is 9.67 Å². The standard InChI is InChI=1S/C22H21F2N5/c1-15-12-28-8-4-16(9-20(28)27-15)21-18(3-2-7-25-21)17-11-26-29(13-17)14-22(5-6-22)10-19(23)24/h2-4,7-9,11-13,19H,5-6,10,14H2,1H3. The summed E-state index contributed by atoms with van der Waals surface area (Å²) in [5, 5.41) is 4.44. The van der Waals surface area contributed by atoms with Gasteiger partial charge in [-0.05, 0) is 43.4 Å². The summed E-state index contributed by atoms with van der Waals surface area (Å²) in [4.78, 5) is 9.14. The summed E-state index contributed by atoms with van der Waals surface area (Å²) in [6.07, 6.45) is 8.82. The van der Waals surface area contributed by atoms with Crippen LogP contribution in [0.1, 0.15) is 25.0 Å². The monoisotopic (exact) mass is 393 g/mol. The van der Waals surface area contributed by atoms with E-state index in [-0.39, 0.29) is 11.8 Å². The third-order valence-electron chi connectivity index (χ3n) is 5.65. The van der Waals surface area contributed by atoms with Crippen molar-refractivity contribution in [2.75, 3.05) is 0 Å². The Labute approximate surface area is 167 Å². The molecule has 0 atom stereocenters. The summed E-state index contributed by atoms with van der Waals surface area (Å²) in [6.45, 7) is 2.50. The number of halogens is 2. The number of nitrogens with zero attached hydrogens (tertiary/aromatic N) is 5. The van der Waals surface area contributed by atoms with Gasteiger partial charge in [0.15, 0.2) is 0 Å². The molecule has 1 fully saturated rings. The van der Waals surface area contributed by atoms with E-state index < -0.39 is 6.43 Å². The number of pyridine rings is 2. The van der Waals surface area contributed by atoms with E-state index in [2.05, 4.69) is 15.1 Å². The molecule has 0 spiro atoms. The van der Waals surface area contributed by atoms with Crippen molar-refractivity contribution in [3.8, 4) is 22.4 Å². The molecule has 0 N–H and O–H groups in total. The van der Waals surface area contributed by atoms with Crippen LogP contribution in [0.2, 0.25) is 0 Å². The van der Waals surface area contributed by atoms with Gasteiger partial charge < -0.3 is 4.40 Å². The summed E-state index contributed by atoms with van der Waals surface area (Å²) >= 11 is 0. The maximum absolute atomic E-state index is 12.9. The Kier molecular flexibility index (Phi) is 4.19. The molecular formula is C22H21F2N5. The number of rotatable bonds is 6. The molecule has 148 valence electrons. The maximum Gasteiger partial charge on any atom is 0.239 e. The van der Waals surface area contributed by atoms with Crippen molar-refractivity contribution in [1.82, 2.24) is 24.1 Å². The SMILES string of the molecule is Cc1cn2ccc(-c3ncccc3-c3cnn(CC4(CC(F)F)CC4)c3)cc2n1. The van der Waals surface area contributed by atoms with E-state index >= 15 is 0 Å². The zero-order chi connectivity index (χ0) is 20.0. The first kappa shape index (κ1) is 18.0. The Morgan fingerprint density at radius 2 is 2.03 bits per heavy atom. The first-order valence-electron chi connectivity index (χ1n) is 9.73. The lowest BCUT2D eigenvalue weighted by Gasteiger charge is -2.14. The zero-order valence-electron chi connectivity index (χ0n) is 16.1. The predicted molar refractivity (Wildman–Crippen MR) is 107 cm³/mol. The van der Waals surface area contributed by atoms with Crippen LogP contribution in [0.4, 0.5) is 8.78 Å². The third-order valence-corrected chi connectivity index (χ3v) is 5.65. The molecule has 1 aliphatic rings. The smallest absolute Gasteiger partial charge is 0.239 e. The fourth-order valence-corrected chi connectivity index (χ4v) is 3.99. The van der Waals surface area contributed by atoms with Crippen molar-refractivity contribution in [1.29, 1.82) is 0 Å². The lowest BCUT2D eigenvalue weighted by molar-refractivity contribution is 0.102. The molecule has 0 amide bonds. The van der Waals surface area contributed by atoms with Gasteiger partial charge in [0.05, 0.1) is 17.6 Å². The molecule has 1 saturated carbocycles. The lowest BCUT2D eigenvalue weighted by atomic mass is 10.0. The van der Waals surface area contributed by atoms with Crippen LogP contribution in [0.5, 0.6) is 0 Å². The number of fused-ring (bicyclic) bond motifs is 1. The van der Waals surface area contributed by atoms with Crippen LogP contribution in [0.25, 0.3) is 28.0 Å². The molecule has 4 aromatic heterocycles. The average Bonchev–Trinajstić information content (AvgIpc) is 3.10. The number of hydrogen-bond acceptors (Lipinski definition) is 3. The number of imidazole rings is 1. The van der Waals surface area contributed by atoms with Gasteiger partial charge in [0, 0.05) is 54.4 Å². The lowest BCUT2D eigenvalue weighted by Crippen LogP contribution is -2.15. The first-order chi connectivity index (χ1) is 14.0. The van der Waals surface area contributed by atoms with E-state index in [4.69, 9.17) is 0 Å². The second-order valence-corrected chi connectivity index (χ2v) is 7.98. The third kappa shape index (κ3) is 3.52. The van der Waals surface area contributed by atoms with Crippen LogP contribution in [-0.2, 0) is 6.54 Å². The highest BCUT2D eigenvalue weighted by molar-refractivity contribution is 5.81. The van der Waals surface area contributed by atoms with E-state index in [9.17, 15) is 8.78 Å². The highest BCUT2D eigenvalue weighted by Crippen LogP contribution is 2.51. The van der Waals surface area contributed by atoms with Crippen molar-refractivity contribution in [3.63, 3.8) is 0 Å². The fourth-order valence-electron chi connectivity index (χ4n) is 3.99. The summed E-state index contributed by atoms with van der Waals surface area (Å²) in [5.41, 5.74) is 5.26. The van der Waals surface area contributed by atoms with E-state index in [1.54, 1.807) is 17.1 Å². The van der Waals surface area contributed by atoms with Crippen molar-refractivity contribution < 1.29 is 8.78 Å². The molecule has 1 aliphatic carbocycles. The summed E-state index contributed by atoms with van der Waals surface area (Å²) in [6, 6.07) is 7.95. The minimum Gasteiger partial charge on any atom is -0.307 e. The Hall–Kier alpha value is -3.09. The average molecular weight is 393 g/mol. The summed E-state index contributed by atoms with van der Waals surface area (Å²) < 4.78 is 29.5. The van der Waals surface area contributed by atoms with Crippen molar-refractivity contribution in [3.05, 3.63) is 60.9 Å². The predicted octanol–water partition coefficient (Wildman–Crippen LogP) is 5.00. The number of aromatic nitrogens is 5. The van der Waals surface area contributed by atoms with Gasteiger partial charge in [-0.25, -0.2) is 13.8 Å². The Balaban J connectivity index is 1.47. The normalized spacial score (nSPS) is 15.3. The van der Waals surface area contributed by atoms with Gasteiger partial charge >= 0.3 is 0 Å². The van der Waals surface area contributed by atoms with Crippen molar-refractivity contribution >= 4 is 5.65 Å². The molecule has 5 rings (SSSR count). The topological polar surface area (TPSA) is 48.0 Å². The first-order valence-corrected chi connectivity index (χ1v) is 9.73. The number of aryl methyl sites for hydroxylation is 1. The quantitative estimate of drug-likeness (QED) is 0.463. The molecule has 0 aromatic carbocycles. The largest absolute Gasteiger partial charge is 0.307 e. The second kappa shape index (κ2) is 6.76. The van der Waals surface area contributed by atoms with Gasteiger partial charge in [-0.15, -0.1) is 0 Å². The van der Waals surface area contributed by atoms with E-state index in [1.165, 1.54) is 0 Å². The van der Waals surface area contributed by atoms with Gasteiger partial charge in [0.1, 0.15) is 5.65 Å². The zero-order valence-corrected chi connectivity index (χ0v) is 16.1. The highest BCUT2D eigenvalue weighted by atomic mass is 19.3. The molecule has 5 nitrogen and oxygen atoms in total. The molecule has 4 heterocycles. The molecule has 0 aliphatic heterocycles. The van der Waals surface area contributed by atoms with Gasteiger partial charge in [0.25, 0.3) is 0 Å². The molecule has 29 heavy (non-hydrogen) atoms. The van der Waals surface area contributed by atoms with Gasteiger partial charge in [-0.1, -0.05) is 6.07 Å². The molecule has 7 heteroatoms. The van der Waals surface area contributed by atoms with Crippen molar-refractivity contribution in [2.24, 2.45) is 5.41 Å². The number of hydrogen-bond donors (Lipinski definition) is 0. The molecule has 0 bridgehead atoms. The van der Waals surface area contributed by atoms with Crippen LogP contribution in [0.3, 0.4) is 0 Å². The molecule has 0 radical (unpaired) electrons. The summed E-state index contributed by atoms with van der Waals surface area (Å²) in [7, 11) is 0. The Morgan fingerprint density at radius 1 is 1.17 bits per heavy atom. The number of alkyl halides is 2. The Morgan fingerprint density at radius 3 is 2.83 bits per heavy atom. The highest BCUT2D eigenvalue weighted by Gasteiger charge is 2.45. The second-order valence-electron chi connectivity index (χ2n) is 7.98. The van der Waals surface area contributed by atoms with Crippen LogP contribution in [0, 0.1) is 12.3 Å². The van der Waals surface area contributed by atoms with E-state index in [0.29, 0.717) is 6.54 Å². The molecule has 4 aromatic rings. The van der Waals surface area contributed by atoms with Crippen molar-refractivity contribution in [2.45, 2.75) is 39.2 Å². The van der Waals surface area contributed by atoms with E-state index in [1.807, 2.05) is 54.2 Å². The van der Waals surface area contributed by atoms with Crippen LogP contribution < -0.4 is 0 Å². The van der Waals surface area contributed by atoms with Gasteiger partial charge in [-0.2, -0.15) is 5.10 Å². The molecule has 0 saturated heterocycles. The minimum absolute atomic E-state index is 0.0515. The Bertz CT molecular complexity index is 1170. The fraction of sp³-hybridized carbons (Fsp3) is 0.318. The molecule has 0 unspecified atom stereocenters. The van der Waals surface area contributed by atoms with Crippen LogP contribution in [0.15, 0.2) is 55.2 Å². The van der Waals surface area contributed by atoms with Crippen LogP contribution >= 0.6 is 0 Å². The van der Waals surface area contributed by atoms with Crippen LogP contribution in [-0.4, -0.2) is 30.6 Å². The van der Waals surface area contributed by atoms with E-state index in [0.717, 1.165) is 46.6 Å². The summed E-state index contributed by atoms with van der Waals surface area (Å²) in [5.74, 6) is 0.